The predicted octanol–water partition coefficient (Wildman–Crippen LogP) is 2.76. The summed E-state index contributed by atoms with van der Waals surface area (Å²) < 4.78 is 22.1. The summed E-state index contributed by atoms with van der Waals surface area (Å²) in [5.41, 5.74) is -0.0928. The Morgan fingerprint density at radius 1 is 1.57 bits per heavy atom. The summed E-state index contributed by atoms with van der Waals surface area (Å²) in [6.45, 7) is 6.09. The van der Waals surface area contributed by atoms with E-state index in [2.05, 4.69) is 4.98 Å². The molecule has 1 aromatic heterocycles. The van der Waals surface area contributed by atoms with Crippen LogP contribution in [0.3, 0.4) is 0 Å². The lowest BCUT2D eigenvalue weighted by Gasteiger charge is -2.18. The molecule has 0 aliphatic heterocycles. The van der Waals surface area contributed by atoms with Crippen LogP contribution < -0.4 is 0 Å². The van der Waals surface area contributed by atoms with Gasteiger partial charge in [0, 0.05) is 16.1 Å². The molecule has 0 aromatic carbocycles. The van der Waals surface area contributed by atoms with Crippen molar-refractivity contribution in [1.29, 1.82) is 0 Å². The standard InChI is InChI=1S/C8H12ClNO2S2/c1-4-8(2,3)7-10-5-6(13-7)14(9,11)12/h5H,4H2,1-3H3. The fourth-order valence-electron chi connectivity index (χ4n) is 0.836. The number of nitrogens with zero attached hydrogens (tertiary/aromatic N) is 1. The number of aromatic nitrogens is 1. The third kappa shape index (κ3) is 2.46. The highest BCUT2D eigenvalue weighted by atomic mass is 35.7. The number of halogens is 1. The van der Waals surface area contributed by atoms with E-state index in [0.29, 0.717) is 0 Å². The molecule has 0 unspecified atom stereocenters. The van der Waals surface area contributed by atoms with Gasteiger partial charge < -0.3 is 0 Å². The smallest absolute Gasteiger partial charge is 0.248 e. The summed E-state index contributed by atoms with van der Waals surface area (Å²) in [5.74, 6) is 0. The number of hydrogen-bond donors (Lipinski definition) is 0. The van der Waals surface area contributed by atoms with Gasteiger partial charge in [-0.1, -0.05) is 20.8 Å². The highest BCUT2D eigenvalue weighted by molar-refractivity contribution is 8.15. The van der Waals surface area contributed by atoms with Crippen molar-refractivity contribution in [2.45, 2.75) is 36.8 Å². The molecular formula is C8H12ClNO2S2. The molecule has 0 N–H and O–H groups in total. The van der Waals surface area contributed by atoms with E-state index in [1.165, 1.54) is 6.20 Å². The first-order valence-corrected chi connectivity index (χ1v) is 7.31. The van der Waals surface area contributed by atoms with Crippen molar-refractivity contribution in [1.82, 2.24) is 4.98 Å². The Balaban J connectivity index is 3.13. The van der Waals surface area contributed by atoms with E-state index in [0.717, 1.165) is 22.8 Å². The molecule has 80 valence electrons. The van der Waals surface area contributed by atoms with Crippen LogP contribution in [0.2, 0.25) is 0 Å². The van der Waals surface area contributed by atoms with Crippen molar-refractivity contribution in [2.24, 2.45) is 0 Å². The minimum absolute atomic E-state index is 0.0928. The summed E-state index contributed by atoms with van der Waals surface area (Å²) in [7, 11) is 1.59. The molecule has 1 aromatic rings. The Hall–Kier alpha value is -0.130. The Kier molecular flexibility index (Phi) is 3.23. The van der Waals surface area contributed by atoms with E-state index in [-0.39, 0.29) is 9.62 Å². The van der Waals surface area contributed by atoms with E-state index in [9.17, 15) is 8.42 Å². The minimum atomic E-state index is -3.62. The quantitative estimate of drug-likeness (QED) is 0.779. The normalized spacial score (nSPS) is 13.1. The lowest BCUT2D eigenvalue weighted by Crippen LogP contribution is -2.14. The van der Waals surface area contributed by atoms with Gasteiger partial charge in [0.2, 0.25) is 0 Å². The topological polar surface area (TPSA) is 47.0 Å². The number of rotatable bonds is 3. The molecule has 0 amide bonds. The van der Waals surface area contributed by atoms with Gasteiger partial charge in [-0.2, -0.15) is 0 Å². The molecular weight excluding hydrogens is 242 g/mol. The van der Waals surface area contributed by atoms with Crippen molar-refractivity contribution >= 4 is 31.1 Å². The number of hydrogen-bond acceptors (Lipinski definition) is 4. The van der Waals surface area contributed by atoms with Crippen molar-refractivity contribution in [3.05, 3.63) is 11.2 Å². The second kappa shape index (κ2) is 3.79. The first-order chi connectivity index (χ1) is 6.27. The maximum atomic E-state index is 11.0. The molecule has 0 saturated carbocycles. The summed E-state index contributed by atoms with van der Waals surface area (Å²) in [5, 5.41) is 0.805. The maximum absolute atomic E-state index is 11.0. The summed E-state index contributed by atoms with van der Waals surface area (Å²) >= 11 is 1.14. The second-order valence-electron chi connectivity index (χ2n) is 3.66. The SMILES string of the molecule is CCC(C)(C)c1ncc(S(=O)(=O)Cl)s1. The first kappa shape index (κ1) is 11.9. The summed E-state index contributed by atoms with van der Waals surface area (Å²) in [6, 6.07) is 0. The van der Waals surface area contributed by atoms with E-state index in [1.54, 1.807) is 0 Å². The van der Waals surface area contributed by atoms with E-state index in [1.807, 2.05) is 20.8 Å². The molecule has 0 bridgehead atoms. The molecule has 0 saturated heterocycles. The Bertz CT molecular complexity index is 422. The highest BCUT2D eigenvalue weighted by Crippen LogP contribution is 2.32. The zero-order chi connectivity index (χ0) is 11.0. The van der Waals surface area contributed by atoms with Crippen LogP contribution in [0.1, 0.15) is 32.2 Å². The molecule has 0 fully saturated rings. The molecule has 14 heavy (non-hydrogen) atoms. The molecule has 6 heteroatoms. The van der Waals surface area contributed by atoms with Crippen LogP contribution in [0.25, 0.3) is 0 Å². The van der Waals surface area contributed by atoms with Crippen LogP contribution in [0.15, 0.2) is 10.4 Å². The molecule has 3 nitrogen and oxygen atoms in total. The monoisotopic (exact) mass is 253 g/mol. The van der Waals surface area contributed by atoms with Gasteiger partial charge in [0.25, 0.3) is 9.05 Å². The van der Waals surface area contributed by atoms with Gasteiger partial charge in [0.1, 0.15) is 0 Å². The predicted molar refractivity (Wildman–Crippen MR) is 58.5 cm³/mol. The van der Waals surface area contributed by atoms with Gasteiger partial charge in [0.05, 0.1) is 11.2 Å². The van der Waals surface area contributed by atoms with Crippen LogP contribution in [-0.2, 0) is 14.5 Å². The molecule has 0 atom stereocenters. The second-order valence-corrected chi connectivity index (χ2v) is 7.48. The summed E-state index contributed by atoms with van der Waals surface area (Å²) in [4.78, 5) is 4.08. The van der Waals surface area contributed by atoms with Gasteiger partial charge >= 0.3 is 0 Å². The van der Waals surface area contributed by atoms with Crippen LogP contribution >= 0.6 is 22.0 Å². The molecule has 0 spiro atoms. The number of thiazole rings is 1. The van der Waals surface area contributed by atoms with Gasteiger partial charge in [-0.3, -0.25) is 0 Å². The largest absolute Gasteiger partial charge is 0.272 e. The average Bonchev–Trinajstić information content (AvgIpc) is 2.51. The third-order valence-electron chi connectivity index (χ3n) is 2.19. The van der Waals surface area contributed by atoms with Gasteiger partial charge in [-0.05, 0) is 6.42 Å². The van der Waals surface area contributed by atoms with Crippen molar-refractivity contribution in [2.75, 3.05) is 0 Å². The summed E-state index contributed by atoms with van der Waals surface area (Å²) in [6.07, 6.45) is 2.22. The van der Waals surface area contributed by atoms with Crippen LogP contribution in [0.4, 0.5) is 0 Å². The molecule has 0 aliphatic rings. The van der Waals surface area contributed by atoms with Crippen molar-refractivity contribution in [3.63, 3.8) is 0 Å². The lowest BCUT2D eigenvalue weighted by atomic mass is 9.91. The van der Waals surface area contributed by atoms with Gasteiger partial charge in [-0.15, -0.1) is 11.3 Å². The molecule has 0 aliphatic carbocycles. The van der Waals surface area contributed by atoms with E-state index in [4.69, 9.17) is 10.7 Å². The lowest BCUT2D eigenvalue weighted by molar-refractivity contribution is 0.503. The maximum Gasteiger partial charge on any atom is 0.272 e. The van der Waals surface area contributed by atoms with E-state index < -0.39 is 9.05 Å². The van der Waals surface area contributed by atoms with Crippen LogP contribution in [-0.4, -0.2) is 13.4 Å². The fourth-order valence-corrected chi connectivity index (χ4v) is 2.87. The van der Waals surface area contributed by atoms with Gasteiger partial charge in [0.15, 0.2) is 4.21 Å². The van der Waals surface area contributed by atoms with Crippen molar-refractivity contribution < 1.29 is 8.42 Å². The zero-order valence-corrected chi connectivity index (χ0v) is 10.6. The minimum Gasteiger partial charge on any atom is -0.248 e. The van der Waals surface area contributed by atoms with Crippen LogP contribution in [0, 0.1) is 0 Å². The highest BCUT2D eigenvalue weighted by Gasteiger charge is 2.24. The Labute approximate surface area is 92.5 Å². The molecule has 1 rings (SSSR count). The first-order valence-electron chi connectivity index (χ1n) is 4.18. The van der Waals surface area contributed by atoms with Crippen molar-refractivity contribution in [3.8, 4) is 0 Å². The molecule has 1 heterocycles. The zero-order valence-electron chi connectivity index (χ0n) is 8.24. The third-order valence-corrected chi connectivity index (χ3v) is 5.61. The Morgan fingerprint density at radius 3 is 2.50 bits per heavy atom. The van der Waals surface area contributed by atoms with E-state index >= 15 is 0 Å². The van der Waals surface area contributed by atoms with Crippen LogP contribution in [0.5, 0.6) is 0 Å². The fraction of sp³-hybridized carbons (Fsp3) is 0.625. The molecule has 0 radical (unpaired) electrons. The Morgan fingerprint density at radius 2 is 2.14 bits per heavy atom. The average molecular weight is 254 g/mol. The van der Waals surface area contributed by atoms with Gasteiger partial charge in [-0.25, -0.2) is 13.4 Å².